The van der Waals surface area contributed by atoms with Gasteiger partial charge in [-0.3, -0.25) is 10.1 Å². The zero-order chi connectivity index (χ0) is 19.1. The van der Waals surface area contributed by atoms with E-state index in [1.165, 1.54) is 12.1 Å². The summed E-state index contributed by atoms with van der Waals surface area (Å²) in [6.07, 6.45) is 0. The molecule has 0 saturated carbocycles. The summed E-state index contributed by atoms with van der Waals surface area (Å²) in [7, 11) is 0. The zero-order valence-corrected chi connectivity index (χ0v) is 14.3. The van der Waals surface area contributed by atoms with E-state index in [9.17, 15) is 10.1 Å². The van der Waals surface area contributed by atoms with Crippen molar-refractivity contribution in [1.29, 1.82) is 0 Å². The highest BCUT2D eigenvalue weighted by Crippen LogP contribution is 2.30. The van der Waals surface area contributed by atoms with Crippen LogP contribution in [-0.2, 0) is 6.61 Å². The van der Waals surface area contributed by atoms with Gasteiger partial charge >= 0.3 is 0 Å². The van der Waals surface area contributed by atoms with Crippen molar-refractivity contribution in [2.45, 2.75) is 12.6 Å². The molecule has 0 amide bonds. The lowest BCUT2D eigenvalue weighted by Crippen LogP contribution is -1.99. The Labute approximate surface area is 155 Å². The third-order valence-corrected chi connectivity index (χ3v) is 4.01. The number of rotatable bonds is 7. The molecule has 0 aliphatic heterocycles. The number of ether oxygens (including phenoxy) is 1. The average molecular weight is 360 g/mol. The number of nitrogens with zero attached hydrogens (tertiary/aromatic N) is 4. The van der Waals surface area contributed by atoms with Crippen LogP contribution in [0.2, 0.25) is 0 Å². The van der Waals surface area contributed by atoms with Crippen LogP contribution in [0.3, 0.4) is 0 Å². The number of hydrogen-bond donors (Lipinski definition) is 0. The molecule has 3 aromatic carbocycles. The first kappa shape index (κ1) is 18.0. The second kappa shape index (κ2) is 8.51. The number of azide groups is 1. The number of hydrogen-bond acceptors (Lipinski definition) is 4. The molecule has 0 aliphatic rings. The average Bonchev–Trinajstić information content (AvgIpc) is 2.72. The summed E-state index contributed by atoms with van der Waals surface area (Å²) in [6, 6.07) is 22.4. The van der Waals surface area contributed by atoms with E-state index in [0.29, 0.717) is 17.9 Å². The fraction of sp³-hybridized carbons (Fsp3) is 0.100. The summed E-state index contributed by atoms with van der Waals surface area (Å²) in [4.78, 5) is 13.4. The van der Waals surface area contributed by atoms with Crippen molar-refractivity contribution in [2.24, 2.45) is 5.11 Å². The molecular weight excluding hydrogens is 344 g/mol. The van der Waals surface area contributed by atoms with Crippen LogP contribution in [0.5, 0.6) is 5.75 Å². The van der Waals surface area contributed by atoms with Gasteiger partial charge in [0.1, 0.15) is 12.4 Å². The molecule has 0 aromatic heterocycles. The molecule has 7 nitrogen and oxygen atoms in total. The predicted molar refractivity (Wildman–Crippen MR) is 101 cm³/mol. The fourth-order valence-electron chi connectivity index (χ4n) is 2.67. The lowest BCUT2D eigenvalue weighted by Gasteiger charge is -2.13. The highest BCUT2D eigenvalue weighted by atomic mass is 16.6. The maximum absolute atomic E-state index is 11.0. The van der Waals surface area contributed by atoms with Gasteiger partial charge in [-0.2, -0.15) is 0 Å². The maximum Gasteiger partial charge on any atom is 0.269 e. The summed E-state index contributed by atoms with van der Waals surface area (Å²) in [6.45, 7) is 0.449. The van der Waals surface area contributed by atoms with Crippen LogP contribution >= 0.6 is 0 Å². The lowest BCUT2D eigenvalue weighted by atomic mass is 9.99. The molecule has 1 unspecified atom stereocenters. The van der Waals surface area contributed by atoms with Crippen molar-refractivity contribution < 1.29 is 9.66 Å². The molecule has 0 spiro atoms. The van der Waals surface area contributed by atoms with Crippen LogP contribution in [0.1, 0.15) is 22.7 Å². The minimum atomic E-state index is -0.655. The molecule has 1 atom stereocenters. The summed E-state index contributed by atoms with van der Waals surface area (Å²) in [5.74, 6) is 0.682. The third-order valence-electron chi connectivity index (χ3n) is 4.01. The van der Waals surface area contributed by atoms with Crippen LogP contribution in [0.4, 0.5) is 5.69 Å². The SMILES string of the molecule is [N-]=[N+]=NC(c1ccc(OCc2ccccc2)cc1)c1cccc([N+](=O)[O-])c1. The first-order chi connectivity index (χ1) is 13.2. The van der Waals surface area contributed by atoms with Crippen molar-refractivity contribution >= 4 is 5.69 Å². The number of non-ortho nitro benzene ring substituents is 1. The largest absolute Gasteiger partial charge is 0.489 e. The Balaban J connectivity index is 1.79. The van der Waals surface area contributed by atoms with E-state index in [0.717, 1.165) is 11.1 Å². The van der Waals surface area contributed by atoms with E-state index in [4.69, 9.17) is 10.3 Å². The molecule has 27 heavy (non-hydrogen) atoms. The minimum Gasteiger partial charge on any atom is -0.489 e. The van der Waals surface area contributed by atoms with Crippen LogP contribution in [-0.4, -0.2) is 4.92 Å². The second-order valence-corrected chi connectivity index (χ2v) is 5.80. The van der Waals surface area contributed by atoms with Crippen LogP contribution in [0.15, 0.2) is 84.0 Å². The Hall–Kier alpha value is -3.83. The van der Waals surface area contributed by atoms with Gasteiger partial charge in [-0.15, -0.1) is 0 Å². The predicted octanol–water partition coefficient (Wildman–Crippen LogP) is 5.57. The monoisotopic (exact) mass is 360 g/mol. The highest BCUT2D eigenvalue weighted by molar-refractivity contribution is 5.41. The Morgan fingerprint density at radius 3 is 2.41 bits per heavy atom. The van der Waals surface area contributed by atoms with E-state index >= 15 is 0 Å². The van der Waals surface area contributed by atoms with Gasteiger partial charge in [0.2, 0.25) is 0 Å². The third kappa shape index (κ3) is 4.62. The van der Waals surface area contributed by atoms with E-state index in [-0.39, 0.29) is 5.69 Å². The zero-order valence-electron chi connectivity index (χ0n) is 14.3. The van der Waals surface area contributed by atoms with Gasteiger partial charge in [-0.25, -0.2) is 0 Å². The Kier molecular flexibility index (Phi) is 5.67. The van der Waals surface area contributed by atoms with Crippen molar-refractivity contribution in [3.05, 3.63) is 116 Å². The van der Waals surface area contributed by atoms with Crippen LogP contribution in [0.25, 0.3) is 10.4 Å². The van der Waals surface area contributed by atoms with Crippen molar-refractivity contribution in [3.63, 3.8) is 0 Å². The van der Waals surface area contributed by atoms with E-state index < -0.39 is 11.0 Å². The van der Waals surface area contributed by atoms with Gasteiger partial charge in [-0.05, 0) is 34.4 Å². The Morgan fingerprint density at radius 2 is 1.74 bits per heavy atom. The summed E-state index contributed by atoms with van der Waals surface area (Å²) < 4.78 is 5.75. The highest BCUT2D eigenvalue weighted by Gasteiger charge is 2.16. The molecule has 0 heterocycles. The standard InChI is InChI=1S/C20H16N4O3/c21-23-22-20(17-7-4-8-18(13-17)24(25)26)16-9-11-19(12-10-16)27-14-15-5-2-1-3-6-15/h1-13,20H,14H2. The first-order valence-electron chi connectivity index (χ1n) is 8.22. The molecule has 3 rings (SSSR count). The van der Waals surface area contributed by atoms with Crippen molar-refractivity contribution in [1.82, 2.24) is 0 Å². The topological polar surface area (TPSA) is 101 Å². The van der Waals surface area contributed by atoms with Gasteiger partial charge in [-0.1, -0.05) is 59.7 Å². The maximum atomic E-state index is 11.0. The quantitative estimate of drug-likeness (QED) is 0.181. The van der Waals surface area contributed by atoms with Gasteiger partial charge in [0, 0.05) is 17.0 Å². The Bertz CT molecular complexity index is 968. The number of benzene rings is 3. The second-order valence-electron chi connectivity index (χ2n) is 5.80. The lowest BCUT2D eigenvalue weighted by molar-refractivity contribution is -0.384. The molecular formula is C20H16N4O3. The number of nitro groups is 1. The molecule has 0 radical (unpaired) electrons. The summed E-state index contributed by atoms with van der Waals surface area (Å²) in [5.41, 5.74) is 11.2. The summed E-state index contributed by atoms with van der Waals surface area (Å²) >= 11 is 0. The summed E-state index contributed by atoms with van der Waals surface area (Å²) in [5, 5.41) is 14.8. The smallest absolute Gasteiger partial charge is 0.269 e. The van der Waals surface area contributed by atoms with Crippen molar-refractivity contribution in [3.8, 4) is 5.75 Å². The van der Waals surface area contributed by atoms with Crippen molar-refractivity contribution in [2.75, 3.05) is 0 Å². The molecule has 0 fully saturated rings. The molecule has 3 aromatic rings. The fourth-order valence-corrected chi connectivity index (χ4v) is 2.67. The normalized spacial score (nSPS) is 11.3. The van der Waals surface area contributed by atoms with Crippen LogP contribution < -0.4 is 4.74 Å². The van der Waals surface area contributed by atoms with Crippen LogP contribution in [0, 0.1) is 10.1 Å². The van der Waals surface area contributed by atoms with Gasteiger partial charge in [0.25, 0.3) is 5.69 Å². The van der Waals surface area contributed by atoms with Gasteiger partial charge in [0.15, 0.2) is 0 Å². The van der Waals surface area contributed by atoms with E-state index in [1.807, 2.05) is 30.3 Å². The molecule has 0 saturated heterocycles. The first-order valence-corrected chi connectivity index (χ1v) is 8.22. The number of nitro benzene ring substituents is 1. The molecule has 7 heteroatoms. The molecule has 0 aliphatic carbocycles. The molecule has 0 bridgehead atoms. The van der Waals surface area contributed by atoms with Gasteiger partial charge in [0.05, 0.1) is 11.0 Å². The molecule has 134 valence electrons. The molecule has 0 N–H and O–H groups in total. The van der Waals surface area contributed by atoms with E-state index in [2.05, 4.69) is 10.0 Å². The minimum absolute atomic E-state index is 0.0477. The van der Waals surface area contributed by atoms with Gasteiger partial charge < -0.3 is 4.74 Å². The Morgan fingerprint density at radius 1 is 1.00 bits per heavy atom. The van der Waals surface area contributed by atoms with E-state index in [1.54, 1.807) is 36.4 Å².